The molecule has 1 aliphatic rings. The van der Waals surface area contributed by atoms with Crippen molar-refractivity contribution in [3.8, 4) is 0 Å². The molecule has 1 aromatic rings. The van der Waals surface area contributed by atoms with Crippen molar-refractivity contribution in [2.75, 3.05) is 19.8 Å². The number of benzene rings is 1. The summed E-state index contributed by atoms with van der Waals surface area (Å²) >= 11 is 0. The number of morpholine rings is 1. The maximum absolute atomic E-state index is 13.6. The van der Waals surface area contributed by atoms with Gasteiger partial charge in [-0.05, 0) is 44.4 Å². The minimum atomic E-state index is -0.133. The molecular formula is C16H25FN2O. The molecule has 0 amide bonds. The first-order valence-corrected chi connectivity index (χ1v) is 7.39. The van der Waals surface area contributed by atoms with Crippen LogP contribution in [0, 0.1) is 12.7 Å². The van der Waals surface area contributed by atoms with E-state index in [4.69, 9.17) is 4.74 Å². The molecule has 4 heteroatoms. The number of ether oxygens (including phenoxy) is 1. The summed E-state index contributed by atoms with van der Waals surface area (Å²) in [5, 5.41) is 6.98. The molecule has 0 radical (unpaired) electrons. The van der Waals surface area contributed by atoms with Crippen molar-refractivity contribution in [2.24, 2.45) is 0 Å². The van der Waals surface area contributed by atoms with Gasteiger partial charge in [0, 0.05) is 24.7 Å². The number of nitrogens with one attached hydrogen (secondary N) is 2. The van der Waals surface area contributed by atoms with Crippen molar-refractivity contribution in [3.63, 3.8) is 0 Å². The Hall–Kier alpha value is -0.970. The van der Waals surface area contributed by atoms with Crippen LogP contribution in [-0.2, 0) is 4.74 Å². The van der Waals surface area contributed by atoms with E-state index in [0.717, 1.165) is 31.7 Å². The van der Waals surface area contributed by atoms with Gasteiger partial charge in [0.2, 0.25) is 0 Å². The molecule has 2 N–H and O–H groups in total. The van der Waals surface area contributed by atoms with E-state index in [2.05, 4.69) is 24.5 Å². The van der Waals surface area contributed by atoms with E-state index >= 15 is 0 Å². The molecule has 2 rings (SSSR count). The average molecular weight is 280 g/mol. The summed E-state index contributed by atoms with van der Waals surface area (Å²) < 4.78 is 19.1. The van der Waals surface area contributed by atoms with E-state index < -0.39 is 0 Å². The second-order valence-corrected chi connectivity index (χ2v) is 5.76. The van der Waals surface area contributed by atoms with Crippen molar-refractivity contribution >= 4 is 0 Å². The highest BCUT2D eigenvalue weighted by atomic mass is 19.1. The lowest BCUT2D eigenvalue weighted by atomic mass is 10.0. The lowest BCUT2D eigenvalue weighted by Gasteiger charge is -2.28. The lowest BCUT2D eigenvalue weighted by Crippen LogP contribution is -2.45. The van der Waals surface area contributed by atoms with Gasteiger partial charge in [0.1, 0.15) is 5.82 Å². The van der Waals surface area contributed by atoms with Gasteiger partial charge < -0.3 is 15.4 Å². The molecule has 20 heavy (non-hydrogen) atoms. The topological polar surface area (TPSA) is 33.3 Å². The molecule has 0 saturated carbocycles. The van der Waals surface area contributed by atoms with Crippen LogP contribution in [0.5, 0.6) is 0 Å². The number of hydrogen-bond donors (Lipinski definition) is 2. The van der Waals surface area contributed by atoms with Crippen LogP contribution in [0.1, 0.15) is 37.4 Å². The normalized spacial score (nSPS) is 22.5. The summed E-state index contributed by atoms with van der Waals surface area (Å²) in [7, 11) is 0. The minimum absolute atomic E-state index is 0.133. The van der Waals surface area contributed by atoms with Crippen LogP contribution in [0.25, 0.3) is 0 Å². The molecule has 0 aromatic heterocycles. The smallest absolute Gasteiger partial charge is 0.126 e. The highest BCUT2D eigenvalue weighted by molar-refractivity contribution is 5.25. The Labute approximate surface area is 120 Å². The van der Waals surface area contributed by atoms with Crippen molar-refractivity contribution in [2.45, 2.75) is 45.3 Å². The maximum atomic E-state index is 13.6. The molecular weight excluding hydrogens is 255 g/mol. The third-order valence-electron chi connectivity index (χ3n) is 3.87. The van der Waals surface area contributed by atoms with Gasteiger partial charge in [-0.15, -0.1) is 0 Å². The van der Waals surface area contributed by atoms with E-state index in [-0.39, 0.29) is 11.9 Å². The van der Waals surface area contributed by atoms with Gasteiger partial charge in [-0.3, -0.25) is 0 Å². The van der Waals surface area contributed by atoms with Crippen LogP contribution in [0.2, 0.25) is 0 Å². The summed E-state index contributed by atoms with van der Waals surface area (Å²) in [5.74, 6) is -0.133. The molecule has 3 unspecified atom stereocenters. The van der Waals surface area contributed by atoms with E-state index in [0.29, 0.717) is 17.6 Å². The third kappa shape index (κ3) is 4.27. The molecule has 1 aromatic carbocycles. The quantitative estimate of drug-likeness (QED) is 0.869. The zero-order valence-electron chi connectivity index (χ0n) is 12.6. The predicted molar refractivity (Wildman–Crippen MR) is 79.4 cm³/mol. The Morgan fingerprint density at radius 1 is 1.45 bits per heavy atom. The molecule has 0 aliphatic carbocycles. The minimum Gasteiger partial charge on any atom is -0.379 e. The summed E-state index contributed by atoms with van der Waals surface area (Å²) in [6, 6.07) is 6.36. The van der Waals surface area contributed by atoms with Gasteiger partial charge in [0.05, 0.1) is 13.2 Å². The number of hydrogen-bond acceptors (Lipinski definition) is 3. The lowest BCUT2D eigenvalue weighted by molar-refractivity contribution is 0.0708. The number of aryl methyl sites for hydroxylation is 1. The number of halogens is 1. The molecule has 3 atom stereocenters. The summed E-state index contributed by atoms with van der Waals surface area (Å²) in [6.45, 7) is 8.53. The van der Waals surface area contributed by atoms with Crippen LogP contribution >= 0.6 is 0 Å². The largest absolute Gasteiger partial charge is 0.379 e. The van der Waals surface area contributed by atoms with Gasteiger partial charge in [0.15, 0.2) is 0 Å². The molecule has 0 bridgehead atoms. The monoisotopic (exact) mass is 280 g/mol. The van der Waals surface area contributed by atoms with Gasteiger partial charge in [-0.1, -0.05) is 12.1 Å². The van der Waals surface area contributed by atoms with Crippen LogP contribution in [0.15, 0.2) is 18.2 Å². The Morgan fingerprint density at radius 3 is 2.90 bits per heavy atom. The van der Waals surface area contributed by atoms with Gasteiger partial charge in [-0.25, -0.2) is 4.39 Å². The summed E-state index contributed by atoms with van der Waals surface area (Å²) in [5.41, 5.74) is 1.69. The first-order valence-electron chi connectivity index (χ1n) is 7.39. The standard InChI is InChI=1S/C16H25FN2O/c1-11-4-5-14(9-16(11)17)13(3)19-12(2)8-15-10-20-7-6-18-15/h4-5,9,12-13,15,18-19H,6-8,10H2,1-3H3. The molecule has 0 spiro atoms. The highest BCUT2D eigenvalue weighted by Gasteiger charge is 2.18. The van der Waals surface area contributed by atoms with Gasteiger partial charge in [0.25, 0.3) is 0 Å². The van der Waals surface area contributed by atoms with Crippen LogP contribution < -0.4 is 10.6 Å². The summed E-state index contributed by atoms with van der Waals surface area (Å²) in [6.07, 6.45) is 1.01. The second kappa shape index (κ2) is 7.16. The van der Waals surface area contributed by atoms with E-state index in [1.165, 1.54) is 0 Å². The first-order chi connectivity index (χ1) is 9.56. The fourth-order valence-electron chi connectivity index (χ4n) is 2.67. The molecule has 112 valence electrons. The van der Waals surface area contributed by atoms with Crippen molar-refractivity contribution in [1.29, 1.82) is 0 Å². The van der Waals surface area contributed by atoms with Crippen LogP contribution in [0.4, 0.5) is 4.39 Å². The summed E-state index contributed by atoms with van der Waals surface area (Å²) in [4.78, 5) is 0. The van der Waals surface area contributed by atoms with E-state index in [1.54, 1.807) is 13.0 Å². The fraction of sp³-hybridized carbons (Fsp3) is 0.625. The van der Waals surface area contributed by atoms with Crippen molar-refractivity contribution in [3.05, 3.63) is 35.1 Å². The van der Waals surface area contributed by atoms with Gasteiger partial charge >= 0.3 is 0 Å². The SMILES string of the molecule is Cc1ccc(C(C)NC(C)CC2COCCN2)cc1F. The Balaban J connectivity index is 1.86. The molecule has 3 nitrogen and oxygen atoms in total. The van der Waals surface area contributed by atoms with E-state index in [1.807, 2.05) is 12.1 Å². The Morgan fingerprint density at radius 2 is 2.25 bits per heavy atom. The van der Waals surface area contributed by atoms with Crippen LogP contribution in [0.3, 0.4) is 0 Å². The van der Waals surface area contributed by atoms with Gasteiger partial charge in [-0.2, -0.15) is 0 Å². The first kappa shape index (κ1) is 15.4. The second-order valence-electron chi connectivity index (χ2n) is 5.76. The van der Waals surface area contributed by atoms with Crippen molar-refractivity contribution in [1.82, 2.24) is 10.6 Å². The van der Waals surface area contributed by atoms with Crippen LogP contribution in [-0.4, -0.2) is 31.8 Å². The Kier molecular flexibility index (Phi) is 5.52. The molecule has 1 fully saturated rings. The molecule has 1 heterocycles. The zero-order valence-corrected chi connectivity index (χ0v) is 12.6. The molecule has 1 saturated heterocycles. The Bertz CT molecular complexity index is 432. The maximum Gasteiger partial charge on any atom is 0.126 e. The fourth-order valence-corrected chi connectivity index (χ4v) is 2.67. The van der Waals surface area contributed by atoms with E-state index in [9.17, 15) is 4.39 Å². The highest BCUT2D eigenvalue weighted by Crippen LogP contribution is 2.17. The zero-order chi connectivity index (χ0) is 14.5. The predicted octanol–water partition coefficient (Wildman–Crippen LogP) is 2.55. The number of rotatable bonds is 5. The van der Waals surface area contributed by atoms with Crippen molar-refractivity contribution < 1.29 is 9.13 Å². The average Bonchev–Trinajstić information content (AvgIpc) is 2.42. The molecule has 1 aliphatic heterocycles. The third-order valence-corrected chi connectivity index (χ3v) is 3.87.